The number of hydrogen-bond donors (Lipinski definition) is 1. The second-order valence-corrected chi connectivity index (χ2v) is 5.02. The molecule has 4 aromatic rings. The van der Waals surface area contributed by atoms with E-state index in [2.05, 4.69) is 15.1 Å². The number of aryl methyl sites for hydroxylation is 1. The number of para-hydroxylation sites is 1. The highest BCUT2D eigenvalue weighted by molar-refractivity contribution is 5.91. The van der Waals surface area contributed by atoms with E-state index in [1.54, 1.807) is 0 Å². The molecule has 21 heavy (non-hydrogen) atoms. The maximum Gasteiger partial charge on any atom is 0.348 e. The monoisotopic (exact) mass is 276 g/mol. The molecule has 0 aliphatic heterocycles. The first-order chi connectivity index (χ1) is 10.2. The van der Waals surface area contributed by atoms with Crippen molar-refractivity contribution in [2.75, 3.05) is 0 Å². The normalized spacial score (nSPS) is 11.3. The molecule has 102 valence electrons. The Morgan fingerprint density at radius 1 is 1.10 bits per heavy atom. The van der Waals surface area contributed by atoms with Crippen molar-refractivity contribution in [3.05, 3.63) is 64.6 Å². The summed E-state index contributed by atoms with van der Waals surface area (Å²) in [6, 6.07) is 15.5. The highest BCUT2D eigenvalue weighted by Gasteiger charge is 2.11. The smallest absolute Gasteiger partial charge is 0.305 e. The van der Waals surface area contributed by atoms with Crippen LogP contribution in [0.1, 0.15) is 5.56 Å². The number of fused-ring (bicyclic) bond motifs is 3. The SMILES string of the molecule is Cc1cccc(-c2nc3c4ccccc4[nH]c(=O)n3n2)c1. The van der Waals surface area contributed by atoms with Crippen LogP contribution in [0.3, 0.4) is 0 Å². The molecule has 0 spiro atoms. The van der Waals surface area contributed by atoms with Gasteiger partial charge in [0.25, 0.3) is 0 Å². The number of nitrogens with one attached hydrogen (secondary N) is 1. The summed E-state index contributed by atoms with van der Waals surface area (Å²) in [4.78, 5) is 19.5. The molecular weight excluding hydrogens is 264 g/mol. The molecule has 1 N–H and O–H groups in total. The van der Waals surface area contributed by atoms with Crippen LogP contribution in [-0.2, 0) is 0 Å². The van der Waals surface area contributed by atoms with Gasteiger partial charge in [-0.05, 0) is 25.1 Å². The summed E-state index contributed by atoms with van der Waals surface area (Å²) in [7, 11) is 0. The van der Waals surface area contributed by atoms with Gasteiger partial charge in [-0.2, -0.15) is 4.52 Å². The van der Waals surface area contributed by atoms with E-state index < -0.39 is 0 Å². The third-order valence-electron chi connectivity index (χ3n) is 3.49. The van der Waals surface area contributed by atoms with Crippen LogP contribution < -0.4 is 5.69 Å². The van der Waals surface area contributed by atoms with Crippen molar-refractivity contribution in [2.45, 2.75) is 6.92 Å². The van der Waals surface area contributed by atoms with Crippen LogP contribution in [0.15, 0.2) is 53.3 Å². The molecule has 0 saturated heterocycles. The first-order valence-electron chi connectivity index (χ1n) is 6.67. The molecule has 0 unspecified atom stereocenters. The summed E-state index contributed by atoms with van der Waals surface area (Å²) in [5.41, 5.74) is 3.09. The minimum atomic E-state index is -0.282. The number of rotatable bonds is 1. The van der Waals surface area contributed by atoms with Crippen molar-refractivity contribution < 1.29 is 0 Å². The molecule has 2 aromatic carbocycles. The summed E-state index contributed by atoms with van der Waals surface area (Å²) in [6.45, 7) is 2.02. The first kappa shape index (κ1) is 11.8. The van der Waals surface area contributed by atoms with Crippen molar-refractivity contribution in [3.63, 3.8) is 0 Å². The minimum absolute atomic E-state index is 0.282. The van der Waals surface area contributed by atoms with Gasteiger partial charge in [0.15, 0.2) is 11.5 Å². The number of benzene rings is 2. The maximum absolute atomic E-state index is 12.1. The lowest BCUT2D eigenvalue weighted by atomic mass is 10.1. The van der Waals surface area contributed by atoms with Crippen molar-refractivity contribution >= 4 is 16.6 Å². The Kier molecular flexibility index (Phi) is 2.41. The van der Waals surface area contributed by atoms with E-state index in [4.69, 9.17) is 0 Å². The van der Waals surface area contributed by atoms with Gasteiger partial charge in [-0.25, -0.2) is 9.78 Å². The number of nitrogens with zero attached hydrogens (tertiary/aromatic N) is 3. The molecule has 4 rings (SSSR count). The highest BCUT2D eigenvalue weighted by Crippen LogP contribution is 2.20. The van der Waals surface area contributed by atoms with Crippen LogP contribution in [0.2, 0.25) is 0 Å². The van der Waals surface area contributed by atoms with Gasteiger partial charge in [0.2, 0.25) is 0 Å². The Morgan fingerprint density at radius 2 is 1.95 bits per heavy atom. The van der Waals surface area contributed by atoms with E-state index in [0.717, 1.165) is 22.0 Å². The molecule has 0 bridgehead atoms. The molecular formula is C16H12N4O. The van der Waals surface area contributed by atoms with Crippen LogP contribution >= 0.6 is 0 Å². The molecule has 5 heteroatoms. The Hall–Kier alpha value is -2.95. The van der Waals surface area contributed by atoms with E-state index in [0.29, 0.717) is 11.5 Å². The predicted octanol–water partition coefficient (Wildman–Crippen LogP) is 2.55. The lowest BCUT2D eigenvalue weighted by Gasteiger charge is -1.97. The van der Waals surface area contributed by atoms with Crippen LogP contribution in [-0.4, -0.2) is 19.6 Å². The lowest BCUT2D eigenvalue weighted by Crippen LogP contribution is -2.17. The fraction of sp³-hybridized carbons (Fsp3) is 0.0625. The Morgan fingerprint density at radius 3 is 2.81 bits per heavy atom. The third-order valence-corrected chi connectivity index (χ3v) is 3.49. The van der Waals surface area contributed by atoms with Gasteiger partial charge in [-0.1, -0.05) is 35.9 Å². The largest absolute Gasteiger partial charge is 0.348 e. The molecule has 0 saturated carbocycles. The summed E-state index contributed by atoms with van der Waals surface area (Å²) in [6.07, 6.45) is 0. The second-order valence-electron chi connectivity index (χ2n) is 5.02. The highest BCUT2D eigenvalue weighted by atomic mass is 16.1. The maximum atomic E-state index is 12.1. The predicted molar refractivity (Wildman–Crippen MR) is 81.3 cm³/mol. The molecule has 0 amide bonds. The third kappa shape index (κ3) is 1.82. The van der Waals surface area contributed by atoms with Crippen molar-refractivity contribution in [2.24, 2.45) is 0 Å². The number of aromatic amines is 1. The van der Waals surface area contributed by atoms with Gasteiger partial charge < -0.3 is 4.98 Å². The van der Waals surface area contributed by atoms with Gasteiger partial charge in [0, 0.05) is 10.9 Å². The average molecular weight is 276 g/mol. The molecule has 0 aliphatic rings. The van der Waals surface area contributed by atoms with E-state index in [1.807, 2.05) is 55.5 Å². The summed E-state index contributed by atoms with van der Waals surface area (Å²) in [5.74, 6) is 0.556. The van der Waals surface area contributed by atoms with E-state index in [1.165, 1.54) is 4.52 Å². The summed E-state index contributed by atoms with van der Waals surface area (Å²) < 4.78 is 1.32. The average Bonchev–Trinajstić information content (AvgIpc) is 2.93. The molecule has 0 aliphatic carbocycles. The van der Waals surface area contributed by atoms with Crippen LogP contribution in [0.5, 0.6) is 0 Å². The van der Waals surface area contributed by atoms with Crippen molar-refractivity contribution in [3.8, 4) is 11.4 Å². The summed E-state index contributed by atoms with van der Waals surface area (Å²) >= 11 is 0. The molecule has 5 nitrogen and oxygen atoms in total. The zero-order valence-electron chi connectivity index (χ0n) is 11.4. The molecule has 2 heterocycles. The van der Waals surface area contributed by atoms with Gasteiger partial charge in [-0.15, -0.1) is 5.10 Å². The van der Waals surface area contributed by atoms with Gasteiger partial charge in [0.05, 0.1) is 5.52 Å². The Bertz CT molecular complexity index is 1030. The van der Waals surface area contributed by atoms with E-state index in [9.17, 15) is 4.79 Å². The first-order valence-corrected chi connectivity index (χ1v) is 6.67. The number of H-pyrrole nitrogens is 1. The topological polar surface area (TPSA) is 63.0 Å². The zero-order chi connectivity index (χ0) is 14.4. The van der Waals surface area contributed by atoms with E-state index in [-0.39, 0.29) is 5.69 Å². The Labute approximate surface area is 119 Å². The fourth-order valence-electron chi connectivity index (χ4n) is 2.49. The zero-order valence-corrected chi connectivity index (χ0v) is 11.4. The number of aromatic nitrogens is 4. The number of hydrogen-bond acceptors (Lipinski definition) is 3. The van der Waals surface area contributed by atoms with Crippen molar-refractivity contribution in [1.29, 1.82) is 0 Å². The van der Waals surface area contributed by atoms with E-state index >= 15 is 0 Å². The van der Waals surface area contributed by atoms with Crippen LogP contribution in [0.25, 0.3) is 27.9 Å². The standard InChI is InChI=1S/C16H12N4O/c1-10-5-4-6-11(9-10)14-18-15-12-7-2-3-8-13(12)17-16(21)20(15)19-14/h2-9H,1H3,(H,17,21). The summed E-state index contributed by atoms with van der Waals surface area (Å²) in [5, 5.41) is 5.21. The Balaban J connectivity index is 2.08. The fourth-order valence-corrected chi connectivity index (χ4v) is 2.49. The minimum Gasteiger partial charge on any atom is -0.305 e. The van der Waals surface area contributed by atoms with Crippen LogP contribution in [0, 0.1) is 6.92 Å². The lowest BCUT2D eigenvalue weighted by molar-refractivity contribution is 0.885. The molecule has 0 fully saturated rings. The van der Waals surface area contributed by atoms with Gasteiger partial charge >= 0.3 is 5.69 Å². The van der Waals surface area contributed by atoms with Crippen molar-refractivity contribution in [1.82, 2.24) is 19.6 Å². The second kappa shape index (κ2) is 4.28. The quantitative estimate of drug-likeness (QED) is 0.581. The molecule has 0 radical (unpaired) electrons. The van der Waals surface area contributed by atoms with Gasteiger partial charge in [0.1, 0.15) is 0 Å². The van der Waals surface area contributed by atoms with Gasteiger partial charge in [-0.3, -0.25) is 0 Å². The van der Waals surface area contributed by atoms with Crippen LogP contribution in [0.4, 0.5) is 0 Å². The molecule has 2 aromatic heterocycles. The molecule has 0 atom stereocenters.